The molecule has 3 N–H and O–H groups in total. The highest BCUT2D eigenvalue weighted by Gasteiger charge is 2.35. The van der Waals surface area contributed by atoms with E-state index in [2.05, 4.69) is 10.1 Å². The van der Waals surface area contributed by atoms with Gasteiger partial charge in [0.15, 0.2) is 0 Å². The van der Waals surface area contributed by atoms with Crippen molar-refractivity contribution in [3.8, 4) is 0 Å². The number of nitrogens with zero attached hydrogens (tertiary/aromatic N) is 1. The van der Waals surface area contributed by atoms with Gasteiger partial charge in [0.2, 0.25) is 11.8 Å². The Morgan fingerprint density at radius 2 is 2.05 bits per heavy atom. The van der Waals surface area contributed by atoms with Gasteiger partial charge in [0, 0.05) is 13.5 Å². The molecular formula is C11H17N3O5. The van der Waals surface area contributed by atoms with E-state index in [1.807, 2.05) is 0 Å². The van der Waals surface area contributed by atoms with Gasteiger partial charge < -0.3 is 20.7 Å². The standard InChI is InChI=1S/C11H17N3O5/c1-7(15)19-11(18)8-3-2-4-14(8)10(17)6-13-9(16)5-12/h8H,2-6,12H2,1H3,(H,13,16)/t8-/m0/s1. The molecule has 0 aliphatic carbocycles. The fourth-order valence-corrected chi connectivity index (χ4v) is 1.87. The van der Waals surface area contributed by atoms with E-state index in [4.69, 9.17) is 5.73 Å². The van der Waals surface area contributed by atoms with Crippen LogP contribution in [0, 0.1) is 0 Å². The van der Waals surface area contributed by atoms with E-state index >= 15 is 0 Å². The first-order valence-corrected chi connectivity index (χ1v) is 5.94. The third-order valence-electron chi connectivity index (χ3n) is 2.71. The van der Waals surface area contributed by atoms with Crippen LogP contribution in [0.5, 0.6) is 0 Å². The molecule has 0 aromatic rings. The normalized spacial score (nSPS) is 18.0. The van der Waals surface area contributed by atoms with Crippen molar-refractivity contribution in [2.45, 2.75) is 25.8 Å². The molecule has 1 saturated heterocycles. The van der Waals surface area contributed by atoms with Crippen molar-refractivity contribution in [1.29, 1.82) is 0 Å². The summed E-state index contributed by atoms with van der Waals surface area (Å²) in [6.45, 7) is 1.10. The Labute approximate surface area is 110 Å². The first-order valence-electron chi connectivity index (χ1n) is 5.94. The molecule has 1 atom stereocenters. The minimum atomic E-state index is -0.758. The molecule has 8 nitrogen and oxygen atoms in total. The number of hydrogen-bond donors (Lipinski definition) is 2. The number of ether oxygens (including phenoxy) is 1. The maximum absolute atomic E-state index is 11.8. The molecule has 8 heteroatoms. The lowest BCUT2D eigenvalue weighted by molar-refractivity contribution is -0.163. The molecule has 0 aromatic heterocycles. The molecule has 1 rings (SSSR count). The van der Waals surface area contributed by atoms with E-state index in [0.29, 0.717) is 19.4 Å². The zero-order valence-corrected chi connectivity index (χ0v) is 10.7. The maximum atomic E-state index is 11.8. The Kier molecular flexibility index (Phi) is 5.43. The average molecular weight is 271 g/mol. The topological polar surface area (TPSA) is 119 Å². The molecule has 106 valence electrons. The van der Waals surface area contributed by atoms with Crippen LogP contribution in [0.25, 0.3) is 0 Å². The summed E-state index contributed by atoms with van der Waals surface area (Å²) in [5.41, 5.74) is 5.09. The summed E-state index contributed by atoms with van der Waals surface area (Å²) in [5.74, 6) is -2.29. The van der Waals surface area contributed by atoms with Crippen LogP contribution in [-0.4, -0.2) is 54.3 Å². The predicted molar refractivity (Wildman–Crippen MR) is 63.6 cm³/mol. The van der Waals surface area contributed by atoms with Crippen LogP contribution in [0.2, 0.25) is 0 Å². The molecule has 19 heavy (non-hydrogen) atoms. The second-order valence-electron chi connectivity index (χ2n) is 4.14. The molecule has 2 amide bonds. The number of hydrogen-bond acceptors (Lipinski definition) is 6. The van der Waals surface area contributed by atoms with Crippen LogP contribution in [0.4, 0.5) is 0 Å². The van der Waals surface area contributed by atoms with Crippen LogP contribution < -0.4 is 11.1 Å². The molecule has 1 fully saturated rings. The van der Waals surface area contributed by atoms with Gasteiger partial charge in [0.25, 0.3) is 0 Å². The minimum Gasteiger partial charge on any atom is -0.392 e. The van der Waals surface area contributed by atoms with Crippen LogP contribution in [0.3, 0.4) is 0 Å². The number of carbonyl (C=O) groups is 4. The quantitative estimate of drug-likeness (QED) is 0.457. The number of nitrogens with two attached hydrogens (primary N) is 1. The van der Waals surface area contributed by atoms with Crippen LogP contribution in [-0.2, 0) is 23.9 Å². The van der Waals surface area contributed by atoms with Gasteiger partial charge in [0.1, 0.15) is 6.04 Å². The molecule has 0 unspecified atom stereocenters. The summed E-state index contributed by atoms with van der Waals surface area (Å²) < 4.78 is 4.48. The number of esters is 2. The van der Waals surface area contributed by atoms with Gasteiger partial charge in [-0.3, -0.25) is 14.4 Å². The number of carbonyl (C=O) groups excluding carboxylic acids is 4. The highest BCUT2D eigenvalue weighted by molar-refractivity contribution is 5.92. The first-order chi connectivity index (χ1) is 8.95. The second-order valence-corrected chi connectivity index (χ2v) is 4.14. The molecule has 0 aromatic carbocycles. The summed E-state index contributed by atoms with van der Waals surface area (Å²) in [6, 6.07) is -0.758. The van der Waals surface area contributed by atoms with Crippen molar-refractivity contribution in [3.63, 3.8) is 0 Å². The summed E-state index contributed by atoms with van der Waals surface area (Å²) >= 11 is 0. The van der Waals surface area contributed by atoms with E-state index < -0.39 is 29.8 Å². The number of rotatable bonds is 4. The zero-order valence-electron chi connectivity index (χ0n) is 10.7. The molecule has 0 saturated carbocycles. The summed E-state index contributed by atoms with van der Waals surface area (Å²) in [5, 5.41) is 2.34. The predicted octanol–water partition coefficient (Wildman–Crippen LogP) is -1.86. The Balaban J connectivity index is 2.55. The zero-order chi connectivity index (χ0) is 14.4. The van der Waals surface area contributed by atoms with E-state index in [1.165, 1.54) is 4.90 Å². The number of likely N-dealkylation sites (tertiary alicyclic amines) is 1. The molecule has 1 heterocycles. The Morgan fingerprint density at radius 3 is 2.63 bits per heavy atom. The average Bonchev–Trinajstić information content (AvgIpc) is 2.83. The van der Waals surface area contributed by atoms with Gasteiger partial charge in [-0.2, -0.15) is 0 Å². The summed E-state index contributed by atoms with van der Waals surface area (Å²) in [7, 11) is 0. The SMILES string of the molecule is CC(=O)OC(=O)[C@@H]1CCCN1C(=O)CNC(=O)CN. The lowest BCUT2D eigenvalue weighted by Crippen LogP contribution is -2.47. The van der Waals surface area contributed by atoms with E-state index in [9.17, 15) is 19.2 Å². The third kappa shape index (κ3) is 4.32. The van der Waals surface area contributed by atoms with Crippen molar-refractivity contribution >= 4 is 23.8 Å². The van der Waals surface area contributed by atoms with E-state index in [1.54, 1.807) is 0 Å². The first kappa shape index (κ1) is 15.1. The molecule has 1 aliphatic heterocycles. The lowest BCUT2D eigenvalue weighted by Gasteiger charge is -2.22. The smallest absolute Gasteiger partial charge is 0.336 e. The summed E-state index contributed by atoms with van der Waals surface area (Å²) in [6.07, 6.45) is 1.09. The van der Waals surface area contributed by atoms with Gasteiger partial charge in [-0.05, 0) is 12.8 Å². The van der Waals surface area contributed by atoms with Crippen molar-refractivity contribution < 1.29 is 23.9 Å². The monoisotopic (exact) mass is 271 g/mol. The third-order valence-corrected chi connectivity index (χ3v) is 2.71. The van der Waals surface area contributed by atoms with Crippen molar-refractivity contribution in [2.75, 3.05) is 19.6 Å². The highest BCUT2D eigenvalue weighted by Crippen LogP contribution is 2.18. The van der Waals surface area contributed by atoms with Crippen LogP contribution >= 0.6 is 0 Å². The fourth-order valence-electron chi connectivity index (χ4n) is 1.87. The minimum absolute atomic E-state index is 0.205. The van der Waals surface area contributed by atoms with Gasteiger partial charge >= 0.3 is 11.9 Å². The Morgan fingerprint density at radius 1 is 1.37 bits per heavy atom. The molecule has 1 aliphatic rings. The van der Waals surface area contributed by atoms with E-state index in [0.717, 1.165) is 6.92 Å². The molecule has 0 spiro atoms. The largest absolute Gasteiger partial charge is 0.392 e. The van der Waals surface area contributed by atoms with Crippen molar-refractivity contribution in [3.05, 3.63) is 0 Å². The molecular weight excluding hydrogens is 254 g/mol. The number of amides is 2. The van der Waals surface area contributed by atoms with E-state index in [-0.39, 0.29) is 13.1 Å². The van der Waals surface area contributed by atoms with Gasteiger partial charge in [-0.1, -0.05) is 0 Å². The Hall–Kier alpha value is -1.96. The molecule has 0 bridgehead atoms. The van der Waals surface area contributed by atoms with Crippen LogP contribution in [0.1, 0.15) is 19.8 Å². The second kappa shape index (κ2) is 6.83. The van der Waals surface area contributed by atoms with Crippen molar-refractivity contribution in [2.24, 2.45) is 5.73 Å². The van der Waals surface area contributed by atoms with Gasteiger partial charge in [-0.25, -0.2) is 4.79 Å². The molecule has 0 radical (unpaired) electrons. The Bertz CT molecular complexity index is 396. The van der Waals surface area contributed by atoms with Gasteiger partial charge in [0.05, 0.1) is 13.1 Å². The maximum Gasteiger partial charge on any atom is 0.336 e. The fraction of sp³-hybridized carbons (Fsp3) is 0.636. The van der Waals surface area contributed by atoms with Crippen LogP contribution in [0.15, 0.2) is 0 Å². The highest BCUT2D eigenvalue weighted by atomic mass is 16.6. The number of nitrogens with one attached hydrogen (secondary N) is 1. The summed E-state index contributed by atoms with van der Waals surface area (Å²) in [4.78, 5) is 46.4. The van der Waals surface area contributed by atoms with Gasteiger partial charge in [-0.15, -0.1) is 0 Å². The lowest BCUT2D eigenvalue weighted by atomic mass is 10.2. The van der Waals surface area contributed by atoms with Crippen molar-refractivity contribution in [1.82, 2.24) is 10.2 Å².